The van der Waals surface area contributed by atoms with Crippen molar-refractivity contribution >= 4 is 0 Å². The van der Waals surface area contributed by atoms with E-state index in [0.29, 0.717) is 82.9 Å². The second kappa shape index (κ2) is 14.3. The van der Waals surface area contributed by atoms with Gasteiger partial charge in [-0.15, -0.1) is 0 Å². The van der Waals surface area contributed by atoms with Gasteiger partial charge in [-0.1, -0.05) is 61.8 Å². The normalized spacial score (nSPS) is 51.2. The molecule has 4 nitrogen and oxygen atoms in total. The van der Waals surface area contributed by atoms with Crippen LogP contribution in [0.5, 0.6) is 0 Å². The lowest BCUT2D eigenvalue weighted by molar-refractivity contribution is -0.0466. The Kier molecular flexibility index (Phi) is 11.8. The highest BCUT2D eigenvalue weighted by Crippen LogP contribution is 2.50. The molecule has 0 radical (unpaired) electrons. The minimum atomic E-state index is -0.168. The van der Waals surface area contributed by atoms with Gasteiger partial charge in [0.25, 0.3) is 0 Å². The van der Waals surface area contributed by atoms with E-state index in [1.807, 2.05) is 0 Å². The van der Waals surface area contributed by atoms with Crippen LogP contribution in [0.3, 0.4) is 0 Å². The molecular weight excluding hydrogens is 508 g/mol. The van der Waals surface area contributed by atoms with E-state index in [-0.39, 0.29) is 24.4 Å². The third kappa shape index (κ3) is 7.74. The summed E-state index contributed by atoms with van der Waals surface area (Å²) in [6.07, 6.45) is 12.3. The number of rotatable bonds is 8. The molecule has 0 spiro atoms. The molecule has 0 heterocycles. The Morgan fingerprint density at radius 1 is 0.366 bits per heavy atom. The molecule has 4 fully saturated rings. The predicted octanol–water partition coefficient (Wildman–Crippen LogP) is 7.56. The van der Waals surface area contributed by atoms with Crippen LogP contribution < -0.4 is 0 Å². The van der Waals surface area contributed by atoms with E-state index in [0.717, 1.165) is 51.4 Å². The zero-order chi connectivity index (χ0) is 30.2. The highest BCUT2D eigenvalue weighted by molar-refractivity contribution is 4.94. The summed E-state index contributed by atoms with van der Waals surface area (Å²) in [5.74, 6) is 7.05. The standard InChI is InChI=1S/C37H68O4/c1-20-12-28(13-21(2)34(20)38)32(29-14-22(3)35(39)23(4)15-29)10-9-11-33(30-16-24(5)36(40)25(6)17-30)31-18-26(7)37(41)27(8)19-31/h20-41H,9-19H2,1-8H3. The molecular formula is C37H68O4. The van der Waals surface area contributed by atoms with Gasteiger partial charge < -0.3 is 20.4 Å². The first-order valence-electron chi connectivity index (χ1n) is 18.0. The molecule has 0 aliphatic heterocycles. The molecule has 8 atom stereocenters. The van der Waals surface area contributed by atoms with Gasteiger partial charge in [-0.05, 0) is 147 Å². The molecule has 4 saturated carbocycles. The average molecular weight is 577 g/mol. The first kappa shape index (κ1) is 33.7. The highest BCUT2D eigenvalue weighted by Gasteiger charge is 2.44. The molecule has 41 heavy (non-hydrogen) atoms. The fraction of sp³-hybridized carbons (Fsp3) is 1.00. The number of aliphatic hydroxyl groups is 4. The molecule has 4 N–H and O–H groups in total. The molecule has 4 heteroatoms. The van der Waals surface area contributed by atoms with Crippen molar-refractivity contribution in [2.24, 2.45) is 82.9 Å². The van der Waals surface area contributed by atoms with E-state index in [1.165, 1.54) is 19.3 Å². The van der Waals surface area contributed by atoms with Crippen LogP contribution in [-0.2, 0) is 0 Å². The van der Waals surface area contributed by atoms with Crippen molar-refractivity contribution in [2.75, 3.05) is 0 Å². The fourth-order valence-electron chi connectivity index (χ4n) is 11.3. The van der Waals surface area contributed by atoms with Crippen LogP contribution in [0, 0.1) is 82.9 Å². The molecule has 0 aromatic heterocycles. The van der Waals surface area contributed by atoms with Gasteiger partial charge >= 0.3 is 0 Å². The molecule has 4 aliphatic carbocycles. The summed E-state index contributed by atoms with van der Waals surface area (Å²) in [6.45, 7) is 18.1. The van der Waals surface area contributed by atoms with Gasteiger partial charge in [-0.2, -0.15) is 0 Å². The van der Waals surface area contributed by atoms with Crippen molar-refractivity contribution in [3.63, 3.8) is 0 Å². The Hall–Kier alpha value is -0.160. The smallest absolute Gasteiger partial charge is 0.0591 e. The lowest BCUT2D eigenvalue weighted by Crippen LogP contribution is -2.43. The van der Waals surface area contributed by atoms with E-state index < -0.39 is 0 Å². The second-order valence-electron chi connectivity index (χ2n) is 17.0. The lowest BCUT2D eigenvalue weighted by Gasteiger charge is -2.47. The van der Waals surface area contributed by atoms with Crippen LogP contribution in [0.2, 0.25) is 0 Å². The first-order valence-corrected chi connectivity index (χ1v) is 18.0. The fourth-order valence-corrected chi connectivity index (χ4v) is 11.3. The first-order chi connectivity index (χ1) is 19.3. The molecule has 0 saturated heterocycles. The molecule has 240 valence electrons. The van der Waals surface area contributed by atoms with Crippen LogP contribution in [-0.4, -0.2) is 44.8 Å². The highest BCUT2D eigenvalue weighted by atomic mass is 16.3. The molecule has 4 aliphatic rings. The van der Waals surface area contributed by atoms with Crippen LogP contribution in [0.4, 0.5) is 0 Å². The third-order valence-electron chi connectivity index (χ3n) is 13.6. The summed E-state index contributed by atoms with van der Waals surface area (Å²) in [4.78, 5) is 0. The van der Waals surface area contributed by atoms with E-state index >= 15 is 0 Å². The summed E-state index contributed by atoms with van der Waals surface area (Å²) < 4.78 is 0. The third-order valence-corrected chi connectivity index (χ3v) is 13.6. The van der Waals surface area contributed by atoms with Gasteiger partial charge in [-0.25, -0.2) is 0 Å². The Morgan fingerprint density at radius 2 is 0.537 bits per heavy atom. The van der Waals surface area contributed by atoms with Crippen LogP contribution >= 0.6 is 0 Å². The van der Waals surface area contributed by atoms with E-state index in [9.17, 15) is 20.4 Å². The molecule has 0 aromatic carbocycles. The number of aliphatic hydroxyl groups excluding tert-OH is 4. The maximum atomic E-state index is 10.8. The predicted molar refractivity (Wildman–Crippen MR) is 169 cm³/mol. The zero-order valence-electron chi connectivity index (χ0n) is 28.0. The number of hydrogen-bond acceptors (Lipinski definition) is 4. The summed E-state index contributed by atoms with van der Waals surface area (Å²) >= 11 is 0. The number of hydrogen-bond donors (Lipinski definition) is 4. The monoisotopic (exact) mass is 577 g/mol. The van der Waals surface area contributed by atoms with Crippen LogP contribution in [0.1, 0.15) is 126 Å². The van der Waals surface area contributed by atoms with Gasteiger partial charge in [0, 0.05) is 0 Å². The largest absolute Gasteiger partial charge is 0.393 e. The Morgan fingerprint density at radius 3 is 0.707 bits per heavy atom. The molecule has 8 unspecified atom stereocenters. The van der Waals surface area contributed by atoms with E-state index in [2.05, 4.69) is 55.4 Å². The average Bonchev–Trinajstić information content (AvgIpc) is 2.91. The maximum Gasteiger partial charge on any atom is 0.0591 e. The van der Waals surface area contributed by atoms with Gasteiger partial charge in [0.2, 0.25) is 0 Å². The van der Waals surface area contributed by atoms with Gasteiger partial charge in [-0.3, -0.25) is 0 Å². The van der Waals surface area contributed by atoms with Gasteiger partial charge in [0.05, 0.1) is 24.4 Å². The van der Waals surface area contributed by atoms with Gasteiger partial charge in [0.1, 0.15) is 0 Å². The van der Waals surface area contributed by atoms with Crippen molar-refractivity contribution < 1.29 is 20.4 Å². The van der Waals surface area contributed by atoms with E-state index in [4.69, 9.17) is 0 Å². The molecule has 0 bridgehead atoms. The SMILES string of the molecule is CC1CC(C(CCCC(C2CC(C)C(O)C(C)C2)C2CC(C)C(O)C(C)C2)C2CC(C)C(O)C(C)C2)CC(C)C1O. The molecule has 0 aromatic rings. The zero-order valence-corrected chi connectivity index (χ0v) is 28.0. The van der Waals surface area contributed by atoms with Crippen molar-refractivity contribution in [3.05, 3.63) is 0 Å². The molecule has 0 amide bonds. The molecule has 4 rings (SSSR count). The van der Waals surface area contributed by atoms with E-state index in [1.54, 1.807) is 0 Å². The summed E-state index contributed by atoms with van der Waals surface area (Å²) in [5, 5.41) is 43.1. The summed E-state index contributed by atoms with van der Waals surface area (Å²) in [7, 11) is 0. The Balaban J connectivity index is 1.51. The quantitative estimate of drug-likeness (QED) is 0.240. The summed E-state index contributed by atoms with van der Waals surface area (Å²) in [6, 6.07) is 0. The minimum Gasteiger partial charge on any atom is -0.393 e. The van der Waals surface area contributed by atoms with Crippen molar-refractivity contribution in [3.8, 4) is 0 Å². The minimum absolute atomic E-state index is 0.168. The maximum absolute atomic E-state index is 10.8. The van der Waals surface area contributed by atoms with Crippen LogP contribution in [0.25, 0.3) is 0 Å². The van der Waals surface area contributed by atoms with Crippen LogP contribution in [0.15, 0.2) is 0 Å². The Bertz CT molecular complexity index is 630. The van der Waals surface area contributed by atoms with Crippen molar-refractivity contribution in [2.45, 2.75) is 150 Å². The lowest BCUT2D eigenvalue weighted by atomic mass is 9.59. The second-order valence-corrected chi connectivity index (χ2v) is 17.0. The van der Waals surface area contributed by atoms with Crippen molar-refractivity contribution in [1.82, 2.24) is 0 Å². The van der Waals surface area contributed by atoms with Gasteiger partial charge in [0.15, 0.2) is 0 Å². The van der Waals surface area contributed by atoms with Crippen molar-refractivity contribution in [1.29, 1.82) is 0 Å². The summed E-state index contributed by atoms with van der Waals surface area (Å²) in [5.41, 5.74) is 0. The Labute approximate surface area is 253 Å². The topological polar surface area (TPSA) is 80.9 Å².